The van der Waals surface area contributed by atoms with Gasteiger partial charge in [0.2, 0.25) is 0 Å². The Bertz CT molecular complexity index is 221. The molecular weight excluding hydrogens is 182 g/mol. The van der Waals surface area contributed by atoms with Crippen LogP contribution in [0.5, 0.6) is 0 Å². The van der Waals surface area contributed by atoms with Crippen molar-refractivity contribution < 1.29 is 14.6 Å². The van der Waals surface area contributed by atoms with Gasteiger partial charge >= 0.3 is 0 Å². The van der Waals surface area contributed by atoms with Crippen molar-refractivity contribution in [2.45, 2.75) is 13.0 Å². The van der Waals surface area contributed by atoms with E-state index < -0.39 is 6.10 Å². The molecule has 1 saturated heterocycles. The van der Waals surface area contributed by atoms with E-state index in [2.05, 4.69) is 6.58 Å². The van der Waals surface area contributed by atoms with Crippen LogP contribution in [0.4, 0.5) is 0 Å². The molecule has 1 aliphatic heterocycles. The van der Waals surface area contributed by atoms with Crippen LogP contribution in [0.25, 0.3) is 0 Å². The molecule has 0 saturated carbocycles. The van der Waals surface area contributed by atoms with E-state index in [4.69, 9.17) is 4.74 Å². The van der Waals surface area contributed by atoms with Gasteiger partial charge in [-0.1, -0.05) is 6.58 Å². The molecule has 0 radical (unpaired) electrons. The maximum atomic E-state index is 11.3. The number of rotatable bonds is 4. The Morgan fingerprint density at radius 2 is 2.14 bits per heavy atom. The van der Waals surface area contributed by atoms with Gasteiger partial charge in [-0.25, -0.2) is 0 Å². The van der Waals surface area contributed by atoms with Gasteiger partial charge in [-0.3, -0.25) is 9.69 Å². The van der Waals surface area contributed by atoms with Gasteiger partial charge in [0.25, 0.3) is 0 Å². The number of Topliss-reactive ketones (excluding diaryl/α,β-unsaturated/α-hetero) is 1. The molecule has 1 N–H and O–H groups in total. The van der Waals surface area contributed by atoms with Crippen molar-refractivity contribution in [2.75, 3.05) is 32.8 Å². The average Bonchev–Trinajstić information content (AvgIpc) is 2.18. The molecular formula is C10H17NO3. The third-order valence-corrected chi connectivity index (χ3v) is 2.26. The maximum Gasteiger partial charge on any atom is 0.187 e. The molecule has 1 fully saturated rings. The van der Waals surface area contributed by atoms with Crippen molar-refractivity contribution in [2.24, 2.45) is 0 Å². The van der Waals surface area contributed by atoms with Crippen LogP contribution in [0.1, 0.15) is 6.92 Å². The van der Waals surface area contributed by atoms with Crippen molar-refractivity contribution in [3.63, 3.8) is 0 Å². The third-order valence-electron chi connectivity index (χ3n) is 2.26. The molecule has 0 amide bonds. The molecule has 0 spiro atoms. The van der Waals surface area contributed by atoms with E-state index in [1.54, 1.807) is 6.92 Å². The van der Waals surface area contributed by atoms with Crippen LogP contribution in [0.3, 0.4) is 0 Å². The smallest absolute Gasteiger partial charge is 0.187 e. The predicted octanol–water partition coefficient (Wildman–Crippen LogP) is -0.175. The standard InChI is InChI=1S/C10H17NO3/c1-8(2)10(13)9(12)7-11-3-5-14-6-4-11/h9,12H,1,3-7H2,2H3. The van der Waals surface area contributed by atoms with Gasteiger partial charge < -0.3 is 9.84 Å². The number of hydrogen-bond donors (Lipinski definition) is 1. The van der Waals surface area contributed by atoms with Gasteiger partial charge in [-0.05, 0) is 12.5 Å². The lowest BCUT2D eigenvalue weighted by atomic mass is 10.1. The second-order valence-electron chi connectivity index (χ2n) is 3.57. The van der Waals surface area contributed by atoms with Crippen LogP contribution in [-0.2, 0) is 9.53 Å². The average molecular weight is 199 g/mol. The molecule has 0 aliphatic carbocycles. The molecule has 80 valence electrons. The molecule has 1 atom stereocenters. The second kappa shape index (κ2) is 5.24. The van der Waals surface area contributed by atoms with Gasteiger partial charge in [0.05, 0.1) is 13.2 Å². The fraction of sp³-hybridized carbons (Fsp3) is 0.700. The Morgan fingerprint density at radius 1 is 1.57 bits per heavy atom. The van der Waals surface area contributed by atoms with Crippen molar-refractivity contribution in [1.29, 1.82) is 0 Å². The number of aliphatic hydroxyl groups excluding tert-OH is 1. The van der Waals surface area contributed by atoms with Crippen LogP contribution < -0.4 is 0 Å². The molecule has 0 aromatic rings. The lowest BCUT2D eigenvalue weighted by Gasteiger charge is -2.28. The van der Waals surface area contributed by atoms with Gasteiger partial charge in [0, 0.05) is 19.6 Å². The SMILES string of the molecule is C=C(C)C(=O)C(O)CN1CCOCC1. The number of carbonyl (C=O) groups is 1. The third kappa shape index (κ3) is 3.21. The number of morpholine rings is 1. The Balaban J connectivity index is 2.35. The Kier molecular flexibility index (Phi) is 4.25. The van der Waals surface area contributed by atoms with Crippen molar-refractivity contribution in [3.8, 4) is 0 Å². The summed E-state index contributed by atoms with van der Waals surface area (Å²) in [4.78, 5) is 13.3. The van der Waals surface area contributed by atoms with Gasteiger partial charge in [0.1, 0.15) is 6.10 Å². The number of carbonyl (C=O) groups excluding carboxylic acids is 1. The van der Waals surface area contributed by atoms with E-state index in [1.807, 2.05) is 4.90 Å². The zero-order chi connectivity index (χ0) is 10.6. The molecule has 0 aromatic heterocycles. The van der Waals surface area contributed by atoms with Crippen LogP contribution in [0.2, 0.25) is 0 Å². The number of nitrogens with zero attached hydrogens (tertiary/aromatic N) is 1. The van der Waals surface area contributed by atoms with Gasteiger partial charge in [-0.2, -0.15) is 0 Å². The highest BCUT2D eigenvalue weighted by Crippen LogP contribution is 2.02. The first kappa shape index (κ1) is 11.4. The van der Waals surface area contributed by atoms with Crippen molar-refractivity contribution >= 4 is 5.78 Å². The quantitative estimate of drug-likeness (QED) is 0.638. The van der Waals surface area contributed by atoms with E-state index in [0.717, 1.165) is 13.1 Å². The topological polar surface area (TPSA) is 49.8 Å². The van der Waals surface area contributed by atoms with E-state index in [9.17, 15) is 9.90 Å². The Hall–Kier alpha value is -0.710. The summed E-state index contributed by atoms with van der Waals surface area (Å²) < 4.78 is 5.16. The van der Waals surface area contributed by atoms with E-state index >= 15 is 0 Å². The lowest BCUT2D eigenvalue weighted by Crippen LogP contribution is -2.43. The molecule has 1 unspecified atom stereocenters. The van der Waals surface area contributed by atoms with Crippen molar-refractivity contribution in [3.05, 3.63) is 12.2 Å². The maximum absolute atomic E-state index is 11.3. The Labute approximate surface area is 84.2 Å². The summed E-state index contributed by atoms with van der Waals surface area (Å²) in [6, 6.07) is 0. The zero-order valence-electron chi connectivity index (χ0n) is 8.53. The summed E-state index contributed by atoms with van der Waals surface area (Å²) in [6.45, 7) is 8.42. The largest absolute Gasteiger partial charge is 0.384 e. The van der Waals surface area contributed by atoms with E-state index in [-0.39, 0.29) is 5.78 Å². The van der Waals surface area contributed by atoms with Gasteiger partial charge in [0.15, 0.2) is 5.78 Å². The summed E-state index contributed by atoms with van der Waals surface area (Å²) in [5.41, 5.74) is 0.408. The minimum absolute atomic E-state index is 0.267. The highest BCUT2D eigenvalue weighted by atomic mass is 16.5. The molecule has 1 heterocycles. The van der Waals surface area contributed by atoms with E-state index in [0.29, 0.717) is 25.3 Å². The minimum atomic E-state index is -0.939. The number of β-amino-alcohol motifs (C(OH)–C–C–N with tert-alkyl or cyclic N) is 1. The van der Waals surface area contributed by atoms with Crippen molar-refractivity contribution in [1.82, 2.24) is 4.90 Å². The summed E-state index contributed by atoms with van der Waals surface area (Å²) >= 11 is 0. The highest BCUT2D eigenvalue weighted by molar-refractivity contribution is 5.97. The number of aliphatic hydroxyl groups is 1. The first-order chi connectivity index (χ1) is 6.61. The van der Waals surface area contributed by atoms with Crippen LogP contribution in [0, 0.1) is 0 Å². The number of hydrogen-bond acceptors (Lipinski definition) is 4. The predicted molar refractivity (Wildman–Crippen MR) is 53.1 cm³/mol. The molecule has 0 bridgehead atoms. The summed E-state index contributed by atoms with van der Waals surface area (Å²) in [5.74, 6) is -0.267. The molecule has 4 heteroatoms. The summed E-state index contributed by atoms with van der Waals surface area (Å²) in [7, 11) is 0. The normalized spacial score (nSPS) is 20.4. The van der Waals surface area contributed by atoms with Crippen LogP contribution >= 0.6 is 0 Å². The first-order valence-electron chi connectivity index (χ1n) is 4.79. The lowest BCUT2D eigenvalue weighted by molar-refractivity contribution is -0.124. The summed E-state index contributed by atoms with van der Waals surface area (Å²) in [6.07, 6.45) is -0.939. The summed E-state index contributed by atoms with van der Waals surface area (Å²) in [5, 5.41) is 9.55. The number of ether oxygens (including phenoxy) is 1. The molecule has 4 nitrogen and oxygen atoms in total. The fourth-order valence-electron chi connectivity index (χ4n) is 1.40. The Morgan fingerprint density at radius 3 is 2.64 bits per heavy atom. The van der Waals surface area contributed by atoms with Crippen LogP contribution in [-0.4, -0.2) is 54.7 Å². The fourth-order valence-corrected chi connectivity index (χ4v) is 1.40. The van der Waals surface area contributed by atoms with E-state index in [1.165, 1.54) is 0 Å². The molecule has 1 aliphatic rings. The minimum Gasteiger partial charge on any atom is -0.384 e. The monoisotopic (exact) mass is 199 g/mol. The molecule has 0 aromatic carbocycles. The molecule has 14 heavy (non-hydrogen) atoms. The second-order valence-corrected chi connectivity index (χ2v) is 3.57. The van der Waals surface area contributed by atoms with Crippen LogP contribution in [0.15, 0.2) is 12.2 Å². The zero-order valence-corrected chi connectivity index (χ0v) is 8.53. The van der Waals surface area contributed by atoms with Gasteiger partial charge in [-0.15, -0.1) is 0 Å². The molecule has 1 rings (SSSR count). The first-order valence-corrected chi connectivity index (χ1v) is 4.79. The highest BCUT2D eigenvalue weighted by Gasteiger charge is 2.20. The number of ketones is 1.